The fourth-order valence-corrected chi connectivity index (χ4v) is 1.57. The lowest BCUT2D eigenvalue weighted by molar-refractivity contribution is -0.274. The zero-order chi connectivity index (χ0) is 17.6. The van der Waals surface area contributed by atoms with Crippen LogP contribution in [0.4, 0.5) is 24.5 Å². The van der Waals surface area contributed by atoms with Crippen molar-refractivity contribution >= 4 is 17.3 Å². The Morgan fingerprint density at radius 3 is 1.79 bits per heavy atom. The highest BCUT2D eigenvalue weighted by molar-refractivity contribution is 5.83. The standard InChI is InChI=1S/C16H11F3N2O3/c1-2-15(22)23-13-7-3-11(4-8-13)20-21-12-5-9-14(10-6-12)24-16(17,18)19/h2-10H,1H2. The van der Waals surface area contributed by atoms with Crippen molar-refractivity contribution in [3.63, 3.8) is 0 Å². The third-order valence-electron chi connectivity index (χ3n) is 2.57. The van der Waals surface area contributed by atoms with Crippen LogP contribution in [0, 0.1) is 0 Å². The molecule has 0 unspecified atom stereocenters. The molecule has 0 amide bonds. The molecule has 0 spiro atoms. The average molecular weight is 336 g/mol. The zero-order valence-electron chi connectivity index (χ0n) is 12.2. The summed E-state index contributed by atoms with van der Waals surface area (Å²) in [6.45, 7) is 3.28. The van der Waals surface area contributed by atoms with Crippen LogP contribution in [0.25, 0.3) is 0 Å². The van der Waals surface area contributed by atoms with Gasteiger partial charge in [0.2, 0.25) is 0 Å². The van der Waals surface area contributed by atoms with E-state index < -0.39 is 12.3 Å². The number of nitrogens with zero attached hydrogens (tertiary/aromatic N) is 2. The van der Waals surface area contributed by atoms with E-state index in [0.717, 1.165) is 18.2 Å². The SMILES string of the molecule is C=CC(=O)Oc1ccc(N=Nc2ccc(OC(F)(F)F)cc2)cc1. The third-order valence-corrected chi connectivity index (χ3v) is 2.57. The molecule has 0 fully saturated rings. The summed E-state index contributed by atoms with van der Waals surface area (Å²) in [6, 6.07) is 11.1. The molecule has 0 aliphatic carbocycles. The molecule has 2 aromatic carbocycles. The third kappa shape index (κ3) is 5.56. The van der Waals surface area contributed by atoms with Crippen LogP contribution in [0.5, 0.6) is 11.5 Å². The van der Waals surface area contributed by atoms with Gasteiger partial charge in [0.1, 0.15) is 11.5 Å². The lowest BCUT2D eigenvalue weighted by atomic mass is 10.3. The van der Waals surface area contributed by atoms with Crippen LogP contribution in [0.15, 0.2) is 71.4 Å². The summed E-state index contributed by atoms with van der Waals surface area (Å²) in [6.07, 6.45) is -3.69. The van der Waals surface area contributed by atoms with Crippen molar-refractivity contribution in [1.29, 1.82) is 0 Å². The van der Waals surface area contributed by atoms with Crippen LogP contribution in [0.2, 0.25) is 0 Å². The number of esters is 1. The van der Waals surface area contributed by atoms with Gasteiger partial charge in [-0.15, -0.1) is 13.2 Å². The van der Waals surface area contributed by atoms with Crippen molar-refractivity contribution in [3.8, 4) is 11.5 Å². The molecule has 0 radical (unpaired) electrons. The van der Waals surface area contributed by atoms with Crippen LogP contribution < -0.4 is 9.47 Å². The number of halogens is 3. The van der Waals surface area contributed by atoms with E-state index in [2.05, 4.69) is 21.5 Å². The second-order valence-corrected chi connectivity index (χ2v) is 4.36. The van der Waals surface area contributed by atoms with Gasteiger partial charge in [0.05, 0.1) is 11.4 Å². The van der Waals surface area contributed by atoms with Crippen LogP contribution in [0.1, 0.15) is 0 Å². The lowest BCUT2D eigenvalue weighted by Crippen LogP contribution is -2.16. The van der Waals surface area contributed by atoms with Gasteiger partial charge in [0.15, 0.2) is 0 Å². The number of carbonyl (C=O) groups excluding carboxylic acids is 1. The van der Waals surface area contributed by atoms with Gasteiger partial charge in [0.25, 0.3) is 0 Å². The molecular weight excluding hydrogens is 325 g/mol. The number of rotatable bonds is 5. The van der Waals surface area contributed by atoms with Gasteiger partial charge >= 0.3 is 12.3 Å². The minimum Gasteiger partial charge on any atom is -0.423 e. The van der Waals surface area contributed by atoms with Gasteiger partial charge in [-0.2, -0.15) is 10.2 Å². The van der Waals surface area contributed by atoms with Crippen molar-refractivity contribution in [3.05, 3.63) is 61.2 Å². The van der Waals surface area contributed by atoms with Crippen molar-refractivity contribution < 1.29 is 27.4 Å². The minimum absolute atomic E-state index is 0.326. The molecule has 0 aliphatic rings. The number of carbonyl (C=O) groups is 1. The molecular formula is C16H11F3N2O3. The monoisotopic (exact) mass is 336 g/mol. The Bertz CT molecular complexity index is 739. The number of alkyl halides is 3. The summed E-state index contributed by atoms with van der Waals surface area (Å²) in [4.78, 5) is 11.0. The van der Waals surface area contributed by atoms with Crippen LogP contribution >= 0.6 is 0 Å². The Morgan fingerprint density at radius 2 is 1.38 bits per heavy atom. The predicted octanol–water partition coefficient (Wildman–Crippen LogP) is 5.09. The Labute approximate surface area is 135 Å². The predicted molar refractivity (Wildman–Crippen MR) is 79.6 cm³/mol. The molecule has 0 N–H and O–H groups in total. The Hall–Kier alpha value is -3.16. The topological polar surface area (TPSA) is 60.2 Å². The fourth-order valence-electron chi connectivity index (χ4n) is 1.57. The van der Waals surface area contributed by atoms with E-state index in [1.807, 2.05) is 0 Å². The van der Waals surface area contributed by atoms with Crippen LogP contribution in [-0.2, 0) is 4.79 Å². The lowest BCUT2D eigenvalue weighted by Gasteiger charge is -2.08. The molecule has 0 saturated carbocycles. The van der Waals surface area contributed by atoms with E-state index >= 15 is 0 Å². The van der Waals surface area contributed by atoms with Crippen LogP contribution in [0.3, 0.4) is 0 Å². The molecule has 8 heteroatoms. The number of ether oxygens (including phenoxy) is 2. The van der Waals surface area contributed by atoms with Crippen LogP contribution in [-0.4, -0.2) is 12.3 Å². The van der Waals surface area contributed by atoms with Crippen molar-refractivity contribution in [2.24, 2.45) is 10.2 Å². The van der Waals surface area contributed by atoms with E-state index in [1.54, 1.807) is 12.1 Å². The first-order valence-electron chi connectivity index (χ1n) is 6.57. The molecule has 5 nitrogen and oxygen atoms in total. The molecule has 2 aromatic rings. The molecule has 124 valence electrons. The summed E-state index contributed by atoms with van der Waals surface area (Å²) in [5.41, 5.74) is 0.829. The number of benzene rings is 2. The second-order valence-electron chi connectivity index (χ2n) is 4.36. The quantitative estimate of drug-likeness (QED) is 0.331. The van der Waals surface area contributed by atoms with E-state index in [-0.39, 0.29) is 5.75 Å². The van der Waals surface area contributed by atoms with Gasteiger partial charge in [-0.1, -0.05) is 6.58 Å². The smallest absolute Gasteiger partial charge is 0.423 e. The molecule has 0 heterocycles. The number of hydrogen-bond acceptors (Lipinski definition) is 5. The van der Waals surface area contributed by atoms with Gasteiger partial charge in [-0.3, -0.25) is 0 Å². The highest BCUT2D eigenvalue weighted by atomic mass is 19.4. The van der Waals surface area contributed by atoms with Gasteiger partial charge in [0, 0.05) is 6.08 Å². The molecule has 0 aromatic heterocycles. The van der Waals surface area contributed by atoms with E-state index in [0.29, 0.717) is 17.1 Å². The maximum atomic E-state index is 12.0. The summed E-state index contributed by atoms with van der Waals surface area (Å²) in [5, 5.41) is 7.81. The number of azo groups is 1. The molecule has 0 bridgehead atoms. The summed E-state index contributed by atoms with van der Waals surface area (Å²) in [5.74, 6) is -0.590. The van der Waals surface area contributed by atoms with Crippen molar-refractivity contribution in [2.75, 3.05) is 0 Å². The van der Waals surface area contributed by atoms with Crippen molar-refractivity contribution in [1.82, 2.24) is 0 Å². The maximum Gasteiger partial charge on any atom is 0.573 e. The Balaban J connectivity index is 2.00. The summed E-state index contributed by atoms with van der Waals surface area (Å²) >= 11 is 0. The first-order chi connectivity index (χ1) is 11.4. The summed E-state index contributed by atoms with van der Waals surface area (Å²) < 4.78 is 44.8. The molecule has 24 heavy (non-hydrogen) atoms. The highest BCUT2D eigenvalue weighted by Crippen LogP contribution is 2.26. The highest BCUT2D eigenvalue weighted by Gasteiger charge is 2.30. The van der Waals surface area contributed by atoms with Crippen molar-refractivity contribution in [2.45, 2.75) is 6.36 Å². The van der Waals surface area contributed by atoms with E-state index in [1.165, 1.54) is 24.3 Å². The molecule has 0 saturated heterocycles. The van der Waals surface area contributed by atoms with E-state index in [9.17, 15) is 18.0 Å². The maximum absolute atomic E-state index is 12.0. The zero-order valence-corrected chi connectivity index (χ0v) is 12.2. The molecule has 0 aliphatic heterocycles. The first kappa shape index (κ1) is 17.2. The largest absolute Gasteiger partial charge is 0.573 e. The average Bonchev–Trinajstić information content (AvgIpc) is 2.54. The first-order valence-corrected chi connectivity index (χ1v) is 6.57. The Morgan fingerprint density at radius 1 is 0.917 bits per heavy atom. The van der Waals surface area contributed by atoms with Gasteiger partial charge < -0.3 is 9.47 Å². The molecule has 0 atom stereocenters. The molecule has 2 rings (SSSR count). The fraction of sp³-hybridized carbons (Fsp3) is 0.0625. The second kappa shape index (κ2) is 7.40. The van der Waals surface area contributed by atoms with Gasteiger partial charge in [-0.25, -0.2) is 4.79 Å². The normalized spacial score (nSPS) is 11.3. The number of hydrogen-bond donors (Lipinski definition) is 0. The minimum atomic E-state index is -4.74. The van der Waals surface area contributed by atoms with E-state index in [4.69, 9.17) is 4.74 Å². The van der Waals surface area contributed by atoms with Gasteiger partial charge in [-0.05, 0) is 48.5 Å². The Kier molecular flexibility index (Phi) is 5.31. The summed E-state index contributed by atoms with van der Waals surface area (Å²) in [7, 11) is 0.